The molecule has 1 saturated heterocycles. The molecule has 0 bridgehead atoms. The average Bonchev–Trinajstić information content (AvgIpc) is 2.91. The van der Waals surface area contributed by atoms with Crippen molar-refractivity contribution in [1.29, 1.82) is 0 Å². The summed E-state index contributed by atoms with van der Waals surface area (Å²) in [5.74, 6) is -1.03. The summed E-state index contributed by atoms with van der Waals surface area (Å²) in [6.07, 6.45) is -0.197. The molecule has 0 saturated carbocycles. The first kappa shape index (κ1) is 16.4. The van der Waals surface area contributed by atoms with Gasteiger partial charge in [0.2, 0.25) is 15.7 Å². The quantitative estimate of drug-likeness (QED) is 0.591. The number of esters is 1. The van der Waals surface area contributed by atoms with E-state index in [1.807, 2.05) is 0 Å². The third-order valence-corrected chi connectivity index (χ3v) is 5.91. The van der Waals surface area contributed by atoms with Gasteiger partial charge >= 0.3 is 5.97 Å². The number of ether oxygens (including phenoxy) is 1. The highest BCUT2D eigenvalue weighted by atomic mass is 79.9. The number of nitrogens with zero attached hydrogens (tertiary/aromatic N) is 1. The number of benzene rings is 1. The number of hydrogen-bond donors (Lipinski definition) is 0. The van der Waals surface area contributed by atoms with Gasteiger partial charge in [-0.25, -0.2) is 17.6 Å². The topological polar surface area (TPSA) is 63.7 Å². The predicted molar refractivity (Wildman–Crippen MR) is 78.3 cm³/mol. The molecular weight excluding hydrogens is 365 g/mol. The van der Waals surface area contributed by atoms with E-state index >= 15 is 0 Å². The van der Waals surface area contributed by atoms with Crippen molar-refractivity contribution in [3.8, 4) is 0 Å². The fourth-order valence-corrected chi connectivity index (χ4v) is 4.14. The van der Waals surface area contributed by atoms with Gasteiger partial charge < -0.3 is 4.74 Å². The van der Waals surface area contributed by atoms with Crippen molar-refractivity contribution in [3.63, 3.8) is 0 Å². The number of carbonyl (C=O) groups excluding carboxylic acids is 1. The molecule has 8 heteroatoms. The van der Waals surface area contributed by atoms with Crippen molar-refractivity contribution < 1.29 is 22.3 Å². The maximum Gasteiger partial charge on any atom is 0.345 e. The molecule has 1 aliphatic rings. The number of methoxy groups -OCH3 is 1. The van der Waals surface area contributed by atoms with Gasteiger partial charge in [0.1, 0.15) is 0 Å². The maximum absolute atomic E-state index is 14.4. The fraction of sp³-hybridized carbons (Fsp3) is 0.462. The lowest BCUT2D eigenvalue weighted by atomic mass is 10.1. The molecule has 5 nitrogen and oxygen atoms in total. The van der Waals surface area contributed by atoms with E-state index in [2.05, 4.69) is 20.7 Å². The smallest absolute Gasteiger partial charge is 0.345 e. The number of carbonyl (C=O) groups is 1. The molecule has 1 fully saturated rings. The molecule has 116 valence electrons. The van der Waals surface area contributed by atoms with Gasteiger partial charge in [0.15, 0.2) is 0 Å². The standard InChI is InChI=1S/C13H15BrFNO4S/c1-20-12(17)13(15)5-6-16(9-13)21(18,19)11-4-2-3-10(7-11)8-14/h2-4,7H,5-6,8-9H2,1H3. The van der Waals surface area contributed by atoms with Crippen LogP contribution in [0.25, 0.3) is 0 Å². The molecule has 0 amide bonds. The molecule has 0 N–H and O–H groups in total. The van der Waals surface area contributed by atoms with E-state index in [4.69, 9.17) is 0 Å². The largest absolute Gasteiger partial charge is 0.467 e. The molecule has 1 heterocycles. The first-order valence-corrected chi connectivity index (χ1v) is 8.82. The highest BCUT2D eigenvalue weighted by molar-refractivity contribution is 9.08. The van der Waals surface area contributed by atoms with Crippen molar-refractivity contribution >= 4 is 31.9 Å². The Morgan fingerprint density at radius 1 is 1.52 bits per heavy atom. The van der Waals surface area contributed by atoms with Crippen LogP contribution in [0.15, 0.2) is 29.2 Å². The summed E-state index contributed by atoms with van der Waals surface area (Å²) < 4.78 is 44.7. The van der Waals surface area contributed by atoms with Crippen LogP contribution in [-0.4, -0.2) is 44.6 Å². The van der Waals surface area contributed by atoms with Gasteiger partial charge in [0, 0.05) is 18.3 Å². The first-order valence-electron chi connectivity index (χ1n) is 6.26. The number of sulfonamides is 1. The zero-order valence-corrected chi connectivity index (χ0v) is 13.8. The van der Waals surface area contributed by atoms with Crippen molar-refractivity contribution in [3.05, 3.63) is 29.8 Å². The van der Waals surface area contributed by atoms with Crippen LogP contribution in [0.1, 0.15) is 12.0 Å². The Kier molecular flexibility index (Phi) is 4.69. The molecule has 1 aromatic carbocycles. The van der Waals surface area contributed by atoms with E-state index in [0.717, 1.165) is 17.0 Å². The number of alkyl halides is 2. The van der Waals surface area contributed by atoms with E-state index in [1.165, 1.54) is 12.1 Å². The summed E-state index contributed by atoms with van der Waals surface area (Å²) in [4.78, 5) is 11.5. The van der Waals surface area contributed by atoms with Crippen LogP contribution in [0.2, 0.25) is 0 Å². The van der Waals surface area contributed by atoms with Crippen molar-refractivity contribution in [2.45, 2.75) is 22.3 Å². The number of rotatable bonds is 4. The second-order valence-corrected chi connectivity index (χ2v) is 7.33. The van der Waals surface area contributed by atoms with Gasteiger partial charge in [0.25, 0.3) is 0 Å². The number of halogens is 2. The van der Waals surface area contributed by atoms with Crippen LogP contribution in [0.5, 0.6) is 0 Å². The second-order valence-electron chi connectivity index (χ2n) is 4.83. The van der Waals surface area contributed by atoms with Gasteiger partial charge in [-0.1, -0.05) is 28.1 Å². The molecule has 0 radical (unpaired) electrons. The SMILES string of the molecule is COC(=O)C1(F)CCN(S(=O)(=O)c2cccc(CBr)c2)C1. The summed E-state index contributed by atoms with van der Waals surface area (Å²) in [6.45, 7) is -0.562. The van der Waals surface area contributed by atoms with Crippen LogP contribution in [0.4, 0.5) is 4.39 Å². The Bertz CT molecular complexity index is 651. The minimum Gasteiger partial charge on any atom is -0.467 e. The summed E-state index contributed by atoms with van der Waals surface area (Å²) in [6, 6.07) is 6.40. The Morgan fingerprint density at radius 3 is 2.86 bits per heavy atom. The lowest BCUT2D eigenvalue weighted by molar-refractivity contribution is -0.153. The Labute approximate surface area is 131 Å². The Hall–Kier alpha value is -0.990. The zero-order chi connectivity index (χ0) is 15.7. The minimum absolute atomic E-state index is 0.0491. The van der Waals surface area contributed by atoms with Crippen LogP contribution >= 0.6 is 15.9 Å². The molecule has 1 atom stereocenters. The molecule has 1 aromatic rings. The van der Waals surface area contributed by atoms with E-state index < -0.39 is 28.2 Å². The normalized spacial score (nSPS) is 23.2. The molecule has 1 unspecified atom stereocenters. The van der Waals surface area contributed by atoms with E-state index in [0.29, 0.717) is 5.33 Å². The van der Waals surface area contributed by atoms with Gasteiger partial charge in [-0.05, 0) is 17.7 Å². The van der Waals surface area contributed by atoms with Crippen molar-refractivity contribution in [2.75, 3.05) is 20.2 Å². The lowest BCUT2D eigenvalue weighted by Crippen LogP contribution is -2.39. The van der Waals surface area contributed by atoms with E-state index in [-0.39, 0.29) is 17.9 Å². The lowest BCUT2D eigenvalue weighted by Gasteiger charge is -2.19. The monoisotopic (exact) mass is 379 g/mol. The van der Waals surface area contributed by atoms with Gasteiger partial charge in [-0.15, -0.1) is 0 Å². The van der Waals surface area contributed by atoms with Gasteiger partial charge in [-0.3, -0.25) is 0 Å². The van der Waals surface area contributed by atoms with Crippen molar-refractivity contribution in [2.24, 2.45) is 0 Å². The minimum atomic E-state index is -3.82. The summed E-state index contributed by atoms with van der Waals surface area (Å²) in [5, 5.41) is 0.519. The van der Waals surface area contributed by atoms with E-state index in [1.54, 1.807) is 12.1 Å². The third kappa shape index (κ3) is 3.12. The fourth-order valence-electron chi connectivity index (χ4n) is 2.23. The van der Waals surface area contributed by atoms with Crippen molar-refractivity contribution in [1.82, 2.24) is 4.31 Å². The molecule has 0 aromatic heterocycles. The summed E-state index contributed by atoms with van der Waals surface area (Å²) in [5.41, 5.74) is -1.47. The maximum atomic E-state index is 14.4. The van der Waals surface area contributed by atoms with Gasteiger partial charge in [0.05, 0.1) is 18.6 Å². The van der Waals surface area contributed by atoms with Crippen LogP contribution < -0.4 is 0 Å². The predicted octanol–water partition coefficient (Wildman–Crippen LogP) is 1.86. The highest BCUT2D eigenvalue weighted by Crippen LogP contribution is 2.31. The number of hydrogen-bond acceptors (Lipinski definition) is 4. The Balaban J connectivity index is 2.27. The van der Waals surface area contributed by atoms with Crippen LogP contribution in [0, 0.1) is 0 Å². The van der Waals surface area contributed by atoms with Crippen LogP contribution in [-0.2, 0) is 24.9 Å². The highest BCUT2D eigenvalue weighted by Gasteiger charge is 2.49. The zero-order valence-electron chi connectivity index (χ0n) is 11.4. The molecule has 2 rings (SSSR count). The van der Waals surface area contributed by atoms with Gasteiger partial charge in [-0.2, -0.15) is 4.31 Å². The molecule has 1 aliphatic heterocycles. The molecule has 0 aliphatic carbocycles. The third-order valence-electron chi connectivity index (χ3n) is 3.43. The summed E-state index contributed by atoms with van der Waals surface area (Å²) >= 11 is 3.26. The summed E-state index contributed by atoms with van der Waals surface area (Å²) in [7, 11) is -2.74. The molecule has 21 heavy (non-hydrogen) atoms. The van der Waals surface area contributed by atoms with Crippen LogP contribution in [0.3, 0.4) is 0 Å². The molecular formula is C13H15BrFNO4S. The Morgan fingerprint density at radius 2 is 2.24 bits per heavy atom. The van der Waals surface area contributed by atoms with E-state index in [9.17, 15) is 17.6 Å². The average molecular weight is 380 g/mol. The first-order chi connectivity index (χ1) is 9.83. The second kappa shape index (κ2) is 6.02. The molecule has 0 spiro atoms.